The van der Waals surface area contributed by atoms with Gasteiger partial charge in [-0.2, -0.15) is 0 Å². The Labute approximate surface area is 119 Å². The minimum atomic E-state index is 0. The highest BCUT2D eigenvalue weighted by Gasteiger charge is 2.25. The minimum absolute atomic E-state index is 0. The standard InChI is InChI=1S/C15H30N2.ClH/c1-13(2)11-15-5-3-4-10-17(15)12-14-6-8-16-9-7-14;/h13-16H,3-12H2,1-2H3;1H. The van der Waals surface area contributed by atoms with Crippen LogP contribution in [0.5, 0.6) is 0 Å². The quantitative estimate of drug-likeness (QED) is 0.846. The van der Waals surface area contributed by atoms with Gasteiger partial charge in [-0.3, -0.25) is 0 Å². The predicted molar refractivity (Wildman–Crippen MR) is 81.5 cm³/mol. The molecule has 2 aliphatic heterocycles. The molecule has 2 nitrogen and oxygen atoms in total. The summed E-state index contributed by atoms with van der Waals surface area (Å²) in [4.78, 5) is 2.82. The molecule has 0 saturated carbocycles. The van der Waals surface area contributed by atoms with Crippen LogP contribution in [0.4, 0.5) is 0 Å². The van der Waals surface area contributed by atoms with E-state index in [0.717, 1.165) is 17.9 Å². The molecule has 0 bridgehead atoms. The van der Waals surface area contributed by atoms with Crippen LogP contribution in [0.25, 0.3) is 0 Å². The Morgan fingerprint density at radius 1 is 1.11 bits per heavy atom. The van der Waals surface area contributed by atoms with E-state index in [9.17, 15) is 0 Å². The third-order valence-electron chi connectivity index (χ3n) is 4.44. The number of likely N-dealkylation sites (tertiary alicyclic amines) is 1. The lowest BCUT2D eigenvalue weighted by Crippen LogP contribution is -2.44. The number of hydrogen-bond acceptors (Lipinski definition) is 2. The summed E-state index contributed by atoms with van der Waals surface area (Å²) >= 11 is 0. The number of nitrogens with zero attached hydrogens (tertiary/aromatic N) is 1. The van der Waals surface area contributed by atoms with Gasteiger partial charge in [0.2, 0.25) is 0 Å². The molecule has 2 heterocycles. The van der Waals surface area contributed by atoms with Crippen molar-refractivity contribution >= 4 is 12.4 Å². The Morgan fingerprint density at radius 2 is 1.83 bits per heavy atom. The van der Waals surface area contributed by atoms with E-state index in [-0.39, 0.29) is 12.4 Å². The molecule has 2 aliphatic rings. The molecule has 0 aromatic heterocycles. The van der Waals surface area contributed by atoms with Crippen LogP contribution >= 0.6 is 12.4 Å². The van der Waals surface area contributed by atoms with Crippen molar-refractivity contribution in [3.05, 3.63) is 0 Å². The fraction of sp³-hybridized carbons (Fsp3) is 1.00. The number of nitrogens with one attached hydrogen (secondary N) is 1. The highest BCUT2D eigenvalue weighted by Crippen LogP contribution is 2.25. The number of hydrogen-bond donors (Lipinski definition) is 1. The topological polar surface area (TPSA) is 15.3 Å². The molecule has 0 aliphatic carbocycles. The summed E-state index contributed by atoms with van der Waals surface area (Å²) in [5, 5.41) is 3.48. The maximum absolute atomic E-state index is 3.48. The van der Waals surface area contributed by atoms with E-state index >= 15 is 0 Å². The fourth-order valence-corrected chi connectivity index (χ4v) is 3.51. The van der Waals surface area contributed by atoms with Crippen LogP contribution in [0.2, 0.25) is 0 Å². The summed E-state index contributed by atoms with van der Waals surface area (Å²) in [5.74, 6) is 1.82. The third kappa shape index (κ3) is 5.07. The average Bonchev–Trinajstić information content (AvgIpc) is 2.32. The third-order valence-corrected chi connectivity index (χ3v) is 4.44. The predicted octanol–water partition coefficient (Wildman–Crippen LogP) is 3.31. The lowest BCUT2D eigenvalue weighted by Gasteiger charge is -2.39. The summed E-state index contributed by atoms with van der Waals surface area (Å²) in [6.07, 6.45) is 8.53. The smallest absolute Gasteiger partial charge is 0.00978 e. The second kappa shape index (κ2) is 8.39. The van der Waals surface area contributed by atoms with Gasteiger partial charge in [0.25, 0.3) is 0 Å². The molecule has 2 rings (SSSR count). The molecule has 2 saturated heterocycles. The zero-order valence-electron chi connectivity index (χ0n) is 12.2. The Balaban J connectivity index is 0.00000162. The first-order chi connectivity index (χ1) is 8.25. The van der Waals surface area contributed by atoms with Gasteiger partial charge in [-0.1, -0.05) is 20.3 Å². The van der Waals surface area contributed by atoms with Crippen molar-refractivity contribution in [3.8, 4) is 0 Å². The Morgan fingerprint density at radius 3 is 2.50 bits per heavy atom. The first-order valence-corrected chi connectivity index (χ1v) is 7.70. The first-order valence-electron chi connectivity index (χ1n) is 7.70. The molecule has 3 heteroatoms. The van der Waals surface area contributed by atoms with E-state index in [1.807, 2.05) is 0 Å². The molecule has 2 fully saturated rings. The van der Waals surface area contributed by atoms with Crippen LogP contribution in [0.3, 0.4) is 0 Å². The van der Waals surface area contributed by atoms with Crippen LogP contribution in [0, 0.1) is 11.8 Å². The van der Waals surface area contributed by atoms with Gasteiger partial charge in [0, 0.05) is 12.6 Å². The van der Waals surface area contributed by atoms with E-state index in [2.05, 4.69) is 24.1 Å². The van der Waals surface area contributed by atoms with E-state index in [4.69, 9.17) is 0 Å². The zero-order valence-corrected chi connectivity index (χ0v) is 13.0. The summed E-state index contributed by atoms with van der Waals surface area (Å²) in [6.45, 7) is 9.97. The molecule has 0 radical (unpaired) electrons. The molecular formula is C15H31ClN2. The van der Waals surface area contributed by atoms with Gasteiger partial charge in [0.1, 0.15) is 0 Å². The van der Waals surface area contributed by atoms with Gasteiger partial charge in [-0.05, 0) is 63.6 Å². The zero-order chi connectivity index (χ0) is 12.1. The van der Waals surface area contributed by atoms with Crippen LogP contribution in [-0.4, -0.2) is 37.1 Å². The molecule has 108 valence electrons. The van der Waals surface area contributed by atoms with E-state index in [1.165, 1.54) is 64.7 Å². The van der Waals surface area contributed by atoms with Crippen molar-refractivity contribution in [2.24, 2.45) is 11.8 Å². The summed E-state index contributed by atoms with van der Waals surface area (Å²) in [5.41, 5.74) is 0. The van der Waals surface area contributed by atoms with E-state index < -0.39 is 0 Å². The van der Waals surface area contributed by atoms with Crippen LogP contribution < -0.4 is 5.32 Å². The lowest BCUT2D eigenvalue weighted by molar-refractivity contribution is 0.101. The Kier molecular flexibility index (Phi) is 7.59. The van der Waals surface area contributed by atoms with Crippen molar-refractivity contribution < 1.29 is 0 Å². The monoisotopic (exact) mass is 274 g/mol. The van der Waals surface area contributed by atoms with Gasteiger partial charge < -0.3 is 10.2 Å². The molecule has 1 N–H and O–H groups in total. The molecule has 0 aromatic rings. The molecule has 0 amide bonds. The van der Waals surface area contributed by atoms with Gasteiger partial charge >= 0.3 is 0 Å². The highest BCUT2D eigenvalue weighted by molar-refractivity contribution is 5.85. The normalized spacial score (nSPS) is 27.2. The van der Waals surface area contributed by atoms with Crippen molar-refractivity contribution in [1.29, 1.82) is 0 Å². The SMILES string of the molecule is CC(C)CC1CCCCN1CC1CCNCC1.Cl. The number of halogens is 1. The number of rotatable bonds is 4. The molecule has 1 unspecified atom stereocenters. The molecule has 1 atom stereocenters. The van der Waals surface area contributed by atoms with Gasteiger partial charge in [0.15, 0.2) is 0 Å². The largest absolute Gasteiger partial charge is 0.317 e. The van der Waals surface area contributed by atoms with Crippen molar-refractivity contribution in [2.45, 2.75) is 58.4 Å². The van der Waals surface area contributed by atoms with Gasteiger partial charge in [0.05, 0.1) is 0 Å². The molecular weight excluding hydrogens is 244 g/mol. The summed E-state index contributed by atoms with van der Waals surface area (Å²) in [7, 11) is 0. The molecule has 18 heavy (non-hydrogen) atoms. The summed E-state index contributed by atoms with van der Waals surface area (Å²) < 4.78 is 0. The van der Waals surface area contributed by atoms with Crippen molar-refractivity contribution in [1.82, 2.24) is 10.2 Å². The lowest BCUT2D eigenvalue weighted by atomic mass is 9.91. The van der Waals surface area contributed by atoms with Crippen LogP contribution in [0.1, 0.15) is 52.4 Å². The Hall–Kier alpha value is 0.210. The van der Waals surface area contributed by atoms with E-state index in [0.29, 0.717) is 0 Å². The van der Waals surface area contributed by atoms with Gasteiger partial charge in [-0.25, -0.2) is 0 Å². The second-order valence-corrected chi connectivity index (χ2v) is 6.47. The molecule has 0 aromatic carbocycles. The first kappa shape index (κ1) is 16.3. The number of piperidine rings is 2. The van der Waals surface area contributed by atoms with Gasteiger partial charge in [-0.15, -0.1) is 12.4 Å². The molecule has 0 spiro atoms. The van der Waals surface area contributed by atoms with Crippen molar-refractivity contribution in [3.63, 3.8) is 0 Å². The fourth-order valence-electron chi connectivity index (χ4n) is 3.51. The maximum atomic E-state index is 3.48. The van der Waals surface area contributed by atoms with Crippen molar-refractivity contribution in [2.75, 3.05) is 26.2 Å². The Bertz CT molecular complexity index is 215. The minimum Gasteiger partial charge on any atom is -0.317 e. The second-order valence-electron chi connectivity index (χ2n) is 6.47. The van der Waals surface area contributed by atoms with Crippen LogP contribution in [-0.2, 0) is 0 Å². The van der Waals surface area contributed by atoms with E-state index in [1.54, 1.807) is 0 Å². The summed E-state index contributed by atoms with van der Waals surface area (Å²) in [6, 6.07) is 0.888. The maximum Gasteiger partial charge on any atom is 0.00978 e. The average molecular weight is 275 g/mol. The highest BCUT2D eigenvalue weighted by atomic mass is 35.5. The van der Waals surface area contributed by atoms with Crippen LogP contribution in [0.15, 0.2) is 0 Å².